The molecule has 1 unspecified atom stereocenters. The second kappa shape index (κ2) is 5.77. The maximum atomic E-state index is 10.8. The minimum Gasteiger partial charge on any atom is -0.481 e. The fourth-order valence-corrected chi connectivity index (χ4v) is 2.47. The third kappa shape index (κ3) is 4.38. The van der Waals surface area contributed by atoms with Crippen molar-refractivity contribution >= 4 is 5.97 Å². The van der Waals surface area contributed by atoms with E-state index in [1.807, 2.05) is 6.92 Å². The summed E-state index contributed by atoms with van der Waals surface area (Å²) in [5.74, 6) is -0.537. The van der Waals surface area contributed by atoms with Gasteiger partial charge in [-0.3, -0.25) is 4.79 Å². The van der Waals surface area contributed by atoms with Crippen molar-refractivity contribution in [2.45, 2.75) is 59.8 Å². The number of aryl methyl sites for hydroxylation is 2. The Kier molecular flexibility index (Phi) is 4.78. The summed E-state index contributed by atoms with van der Waals surface area (Å²) in [5, 5.41) is 8.85. The minimum atomic E-state index is -0.714. The van der Waals surface area contributed by atoms with Gasteiger partial charge in [0.25, 0.3) is 0 Å². The molecule has 2 heteroatoms. The highest BCUT2D eigenvalue weighted by Crippen LogP contribution is 2.28. The van der Waals surface area contributed by atoms with E-state index in [1.54, 1.807) is 0 Å². The molecule has 0 radical (unpaired) electrons. The zero-order valence-corrected chi connectivity index (χ0v) is 13.0. The van der Waals surface area contributed by atoms with Crippen LogP contribution >= 0.6 is 0 Å². The van der Waals surface area contributed by atoms with Crippen molar-refractivity contribution in [3.8, 4) is 0 Å². The normalized spacial score (nSPS) is 13.4. The lowest BCUT2D eigenvalue weighted by atomic mass is 9.82. The zero-order valence-electron chi connectivity index (χ0n) is 13.0. The summed E-state index contributed by atoms with van der Waals surface area (Å²) in [4.78, 5) is 10.8. The lowest BCUT2D eigenvalue weighted by Crippen LogP contribution is -2.14. The van der Waals surface area contributed by atoms with Crippen molar-refractivity contribution in [3.63, 3.8) is 0 Å². The van der Waals surface area contributed by atoms with Gasteiger partial charge in [0.15, 0.2) is 0 Å². The lowest BCUT2D eigenvalue weighted by Gasteiger charge is -2.23. The fourth-order valence-electron chi connectivity index (χ4n) is 2.47. The molecule has 0 amide bonds. The number of benzene rings is 1. The molecule has 0 aliphatic heterocycles. The van der Waals surface area contributed by atoms with Gasteiger partial charge in [-0.2, -0.15) is 0 Å². The number of carboxylic acids is 1. The first kappa shape index (κ1) is 15.7. The third-order valence-electron chi connectivity index (χ3n) is 3.64. The van der Waals surface area contributed by atoms with Gasteiger partial charge in [-0.05, 0) is 53.9 Å². The van der Waals surface area contributed by atoms with Crippen LogP contribution < -0.4 is 0 Å². The van der Waals surface area contributed by atoms with Crippen molar-refractivity contribution < 1.29 is 9.90 Å². The van der Waals surface area contributed by atoms with Crippen LogP contribution in [0.15, 0.2) is 12.1 Å². The Morgan fingerprint density at radius 2 is 1.68 bits per heavy atom. The van der Waals surface area contributed by atoms with Crippen LogP contribution in [0.3, 0.4) is 0 Å². The average molecular weight is 262 g/mol. The van der Waals surface area contributed by atoms with Crippen LogP contribution in [0.5, 0.6) is 0 Å². The first-order valence-corrected chi connectivity index (χ1v) is 6.93. The van der Waals surface area contributed by atoms with Gasteiger partial charge in [0.2, 0.25) is 0 Å². The fraction of sp³-hybridized carbons (Fsp3) is 0.588. The number of carboxylic acid groups (broad SMARTS) is 1. The number of hydrogen-bond acceptors (Lipinski definition) is 1. The van der Waals surface area contributed by atoms with Gasteiger partial charge < -0.3 is 5.11 Å². The quantitative estimate of drug-likeness (QED) is 0.880. The molecule has 0 aliphatic carbocycles. The summed E-state index contributed by atoms with van der Waals surface area (Å²) in [7, 11) is 0. The summed E-state index contributed by atoms with van der Waals surface area (Å²) in [6.45, 7) is 12.9. The molecule has 0 fully saturated rings. The van der Waals surface area contributed by atoms with Gasteiger partial charge in [0, 0.05) is 6.42 Å². The van der Waals surface area contributed by atoms with E-state index in [1.165, 1.54) is 22.3 Å². The van der Waals surface area contributed by atoms with E-state index in [9.17, 15) is 4.79 Å². The van der Waals surface area contributed by atoms with Crippen molar-refractivity contribution in [1.29, 1.82) is 0 Å². The Bertz CT molecular complexity index is 444. The highest BCUT2D eigenvalue weighted by molar-refractivity contribution is 5.67. The predicted molar refractivity (Wildman–Crippen MR) is 79.7 cm³/mol. The van der Waals surface area contributed by atoms with Crippen LogP contribution in [-0.2, 0) is 16.6 Å². The Labute approximate surface area is 116 Å². The summed E-state index contributed by atoms with van der Waals surface area (Å²) >= 11 is 0. The van der Waals surface area contributed by atoms with E-state index in [2.05, 4.69) is 46.8 Å². The van der Waals surface area contributed by atoms with E-state index in [-0.39, 0.29) is 17.8 Å². The largest absolute Gasteiger partial charge is 0.481 e. The highest BCUT2D eigenvalue weighted by Gasteiger charge is 2.17. The van der Waals surface area contributed by atoms with Crippen LogP contribution in [-0.4, -0.2) is 11.1 Å². The number of hydrogen-bond donors (Lipinski definition) is 1. The molecule has 0 aromatic heterocycles. The van der Waals surface area contributed by atoms with Gasteiger partial charge in [-0.1, -0.05) is 39.8 Å². The second-order valence-electron chi connectivity index (χ2n) is 6.75. The van der Waals surface area contributed by atoms with Gasteiger partial charge in [0.05, 0.1) is 0 Å². The summed E-state index contributed by atoms with van der Waals surface area (Å²) in [6, 6.07) is 4.49. The van der Waals surface area contributed by atoms with E-state index in [4.69, 9.17) is 5.11 Å². The molecule has 19 heavy (non-hydrogen) atoms. The lowest BCUT2D eigenvalue weighted by molar-refractivity contribution is -0.137. The van der Waals surface area contributed by atoms with Crippen molar-refractivity contribution in [3.05, 3.63) is 34.4 Å². The standard InChI is InChI=1S/C17H26O2/c1-11(8-16(18)19)7-15-12(2)9-14(10-13(15)3)17(4,5)6/h9-11H,7-8H2,1-6H3,(H,18,19). The number of rotatable bonds is 4. The van der Waals surface area contributed by atoms with E-state index in [0.29, 0.717) is 0 Å². The molecule has 1 aromatic rings. The van der Waals surface area contributed by atoms with Crippen LogP contribution in [0, 0.1) is 19.8 Å². The number of carbonyl (C=O) groups is 1. The third-order valence-corrected chi connectivity index (χ3v) is 3.64. The van der Waals surface area contributed by atoms with E-state index >= 15 is 0 Å². The molecule has 1 rings (SSSR count). The van der Waals surface area contributed by atoms with Crippen molar-refractivity contribution in [2.75, 3.05) is 0 Å². The van der Waals surface area contributed by atoms with Crippen LogP contribution in [0.4, 0.5) is 0 Å². The first-order valence-electron chi connectivity index (χ1n) is 6.93. The summed E-state index contributed by atoms with van der Waals surface area (Å²) in [6.07, 6.45) is 1.08. The molecule has 0 aliphatic rings. The highest BCUT2D eigenvalue weighted by atomic mass is 16.4. The number of aliphatic carboxylic acids is 1. The predicted octanol–water partition coefficient (Wildman–Crippen LogP) is 4.25. The monoisotopic (exact) mass is 262 g/mol. The smallest absolute Gasteiger partial charge is 0.303 e. The molecule has 1 N–H and O–H groups in total. The average Bonchev–Trinajstić information content (AvgIpc) is 2.20. The SMILES string of the molecule is Cc1cc(C(C)(C)C)cc(C)c1CC(C)CC(=O)O. The zero-order chi connectivity index (χ0) is 14.8. The molecule has 106 valence electrons. The first-order chi connectivity index (χ1) is 8.61. The molecule has 0 spiro atoms. The van der Waals surface area contributed by atoms with Crippen LogP contribution in [0.2, 0.25) is 0 Å². The minimum absolute atomic E-state index is 0.154. The maximum absolute atomic E-state index is 10.8. The summed E-state index contributed by atoms with van der Waals surface area (Å²) < 4.78 is 0. The van der Waals surface area contributed by atoms with Gasteiger partial charge in [-0.15, -0.1) is 0 Å². The molecule has 0 bridgehead atoms. The van der Waals surface area contributed by atoms with E-state index < -0.39 is 5.97 Å². The molecule has 2 nitrogen and oxygen atoms in total. The molecule has 0 saturated carbocycles. The Balaban J connectivity index is 3.01. The molecule has 1 atom stereocenters. The Morgan fingerprint density at radius 1 is 1.21 bits per heavy atom. The van der Waals surface area contributed by atoms with Crippen LogP contribution in [0.1, 0.15) is 56.4 Å². The maximum Gasteiger partial charge on any atom is 0.303 e. The molecular formula is C17H26O2. The van der Waals surface area contributed by atoms with Crippen molar-refractivity contribution in [2.24, 2.45) is 5.92 Å². The van der Waals surface area contributed by atoms with Crippen LogP contribution in [0.25, 0.3) is 0 Å². The molecule has 0 heterocycles. The second-order valence-corrected chi connectivity index (χ2v) is 6.75. The van der Waals surface area contributed by atoms with E-state index in [0.717, 1.165) is 6.42 Å². The van der Waals surface area contributed by atoms with Gasteiger partial charge in [0.1, 0.15) is 0 Å². The molecule has 1 aromatic carbocycles. The molecular weight excluding hydrogens is 236 g/mol. The van der Waals surface area contributed by atoms with Gasteiger partial charge in [-0.25, -0.2) is 0 Å². The molecule has 0 saturated heterocycles. The van der Waals surface area contributed by atoms with Gasteiger partial charge >= 0.3 is 5.97 Å². The summed E-state index contributed by atoms with van der Waals surface area (Å²) in [5.41, 5.74) is 5.36. The Hall–Kier alpha value is -1.31. The Morgan fingerprint density at radius 3 is 2.05 bits per heavy atom. The van der Waals surface area contributed by atoms with Crippen molar-refractivity contribution in [1.82, 2.24) is 0 Å². The topological polar surface area (TPSA) is 37.3 Å².